The molecule has 24 heavy (non-hydrogen) atoms. The third-order valence-corrected chi connectivity index (χ3v) is 3.93. The number of carbonyl (C=O) groups is 2. The summed E-state index contributed by atoms with van der Waals surface area (Å²) in [4.78, 5) is 24.8. The van der Waals surface area contributed by atoms with Gasteiger partial charge in [-0.05, 0) is 55.0 Å². The minimum Gasteiger partial charge on any atom is -0.484 e. The van der Waals surface area contributed by atoms with Gasteiger partial charge in [-0.25, -0.2) is 0 Å². The standard InChI is InChI=1S/C18H19ClN2O3/c1-12-10-16(8-9-17(12)19)24-11-18(23)20-14-4-6-15(7-5-14)21(3)13(2)22/h4-10H,11H2,1-3H3,(H,20,23). The Bertz CT molecular complexity index is 744. The van der Waals surface area contributed by atoms with Crippen molar-refractivity contribution in [3.05, 3.63) is 53.1 Å². The number of carbonyl (C=O) groups excluding carboxylic acids is 2. The number of amides is 2. The van der Waals surface area contributed by atoms with E-state index in [0.29, 0.717) is 16.5 Å². The molecular formula is C18H19ClN2O3. The Hall–Kier alpha value is -2.53. The lowest BCUT2D eigenvalue weighted by molar-refractivity contribution is -0.118. The number of ether oxygens (including phenoxy) is 1. The maximum absolute atomic E-state index is 11.9. The zero-order valence-electron chi connectivity index (χ0n) is 13.8. The minimum absolute atomic E-state index is 0.0570. The fraction of sp³-hybridized carbons (Fsp3) is 0.222. The van der Waals surface area contributed by atoms with Gasteiger partial charge in [-0.15, -0.1) is 0 Å². The van der Waals surface area contributed by atoms with Crippen LogP contribution in [0.25, 0.3) is 0 Å². The van der Waals surface area contributed by atoms with Gasteiger partial charge in [-0.2, -0.15) is 0 Å². The van der Waals surface area contributed by atoms with E-state index in [1.165, 1.54) is 11.8 Å². The van der Waals surface area contributed by atoms with E-state index in [2.05, 4.69) is 5.32 Å². The van der Waals surface area contributed by atoms with Crippen LogP contribution in [0.15, 0.2) is 42.5 Å². The molecule has 0 atom stereocenters. The van der Waals surface area contributed by atoms with E-state index in [-0.39, 0.29) is 18.4 Å². The van der Waals surface area contributed by atoms with Crippen molar-refractivity contribution >= 4 is 34.8 Å². The molecule has 0 aromatic heterocycles. The summed E-state index contributed by atoms with van der Waals surface area (Å²) in [5.74, 6) is 0.263. The number of hydrogen-bond donors (Lipinski definition) is 1. The third kappa shape index (κ3) is 4.73. The highest BCUT2D eigenvalue weighted by atomic mass is 35.5. The zero-order chi connectivity index (χ0) is 17.7. The summed E-state index contributed by atoms with van der Waals surface area (Å²) in [6, 6.07) is 12.2. The second kappa shape index (κ2) is 7.84. The number of halogens is 1. The second-order valence-electron chi connectivity index (χ2n) is 5.37. The predicted octanol–water partition coefficient (Wildman–Crippen LogP) is 3.65. The molecule has 0 aliphatic carbocycles. The first-order valence-electron chi connectivity index (χ1n) is 7.40. The van der Waals surface area contributed by atoms with Gasteiger partial charge in [-0.1, -0.05) is 11.6 Å². The fourth-order valence-corrected chi connectivity index (χ4v) is 2.12. The van der Waals surface area contributed by atoms with Crippen LogP contribution in [0.1, 0.15) is 12.5 Å². The molecule has 0 bridgehead atoms. The van der Waals surface area contributed by atoms with Crippen LogP contribution in [0.2, 0.25) is 5.02 Å². The topological polar surface area (TPSA) is 58.6 Å². The highest BCUT2D eigenvalue weighted by Gasteiger charge is 2.07. The summed E-state index contributed by atoms with van der Waals surface area (Å²) >= 11 is 5.95. The average molecular weight is 347 g/mol. The monoisotopic (exact) mass is 346 g/mol. The number of nitrogens with zero attached hydrogens (tertiary/aromatic N) is 1. The first-order chi connectivity index (χ1) is 11.4. The summed E-state index contributed by atoms with van der Waals surface area (Å²) in [5.41, 5.74) is 2.28. The Morgan fingerprint density at radius 1 is 1.17 bits per heavy atom. The third-order valence-electron chi connectivity index (χ3n) is 3.51. The summed E-state index contributed by atoms with van der Waals surface area (Å²) in [6.07, 6.45) is 0. The first-order valence-corrected chi connectivity index (χ1v) is 7.78. The molecule has 0 fully saturated rings. The van der Waals surface area contributed by atoms with Crippen molar-refractivity contribution in [1.82, 2.24) is 0 Å². The van der Waals surface area contributed by atoms with Crippen molar-refractivity contribution in [2.75, 3.05) is 23.9 Å². The molecule has 5 nitrogen and oxygen atoms in total. The number of anilines is 2. The zero-order valence-corrected chi connectivity index (χ0v) is 14.6. The van der Waals surface area contributed by atoms with Crippen LogP contribution >= 0.6 is 11.6 Å². The van der Waals surface area contributed by atoms with Crippen molar-refractivity contribution in [3.63, 3.8) is 0 Å². The van der Waals surface area contributed by atoms with E-state index in [0.717, 1.165) is 11.3 Å². The van der Waals surface area contributed by atoms with E-state index in [9.17, 15) is 9.59 Å². The van der Waals surface area contributed by atoms with Gasteiger partial charge in [-0.3, -0.25) is 9.59 Å². The van der Waals surface area contributed by atoms with Gasteiger partial charge in [0.05, 0.1) is 0 Å². The Kier molecular flexibility index (Phi) is 5.82. The number of rotatable bonds is 5. The lowest BCUT2D eigenvalue weighted by Crippen LogP contribution is -2.23. The van der Waals surface area contributed by atoms with Gasteiger partial charge in [0.2, 0.25) is 5.91 Å². The summed E-state index contributed by atoms with van der Waals surface area (Å²) < 4.78 is 5.45. The normalized spacial score (nSPS) is 10.2. The quantitative estimate of drug-likeness (QED) is 0.899. The molecule has 6 heteroatoms. The van der Waals surface area contributed by atoms with Gasteiger partial charge in [0.25, 0.3) is 5.91 Å². The van der Waals surface area contributed by atoms with Gasteiger partial charge in [0.15, 0.2) is 6.61 Å². The van der Waals surface area contributed by atoms with Crippen LogP contribution in [0.5, 0.6) is 5.75 Å². The van der Waals surface area contributed by atoms with E-state index in [1.807, 2.05) is 6.92 Å². The van der Waals surface area contributed by atoms with Gasteiger partial charge >= 0.3 is 0 Å². The molecular weight excluding hydrogens is 328 g/mol. The van der Waals surface area contributed by atoms with Crippen LogP contribution in [0.4, 0.5) is 11.4 Å². The Morgan fingerprint density at radius 2 is 1.83 bits per heavy atom. The van der Waals surface area contributed by atoms with Crippen LogP contribution < -0.4 is 15.0 Å². The molecule has 2 aromatic rings. The highest BCUT2D eigenvalue weighted by molar-refractivity contribution is 6.31. The molecule has 2 rings (SSSR count). The van der Waals surface area contributed by atoms with E-state index in [1.54, 1.807) is 49.5 Å². The lowest BCUT2D eigenvalue weighted by Gasteiger charge is -2.15. The summed E-state index contributed by atoms with van der Waals surface area (Å²) in [7, 11) is 1.69. The summed E-state index contributed by atoms with van der Waals surface area (Å²) in [5, 5.41) is 3.40. The highest BCUT2D eigenvalue weighted by Crippen LogP contribution is 2.21. The molecule has 0 spiro atoms. The minimum atomic E-state index is -0.268. The predicted molar refractivity (Wildman–Crippen MR) is 95.8 cm³/mol. The largest absolute Gasteiger partial charge is 0.484 e. The van der Waals surface area contributed by atoms with Crippen LogP contribution in [0.3, 0.4) is 0 Å². The van der Waals surface area contributed by atoms with Crippen molar-refractivity contribution in [2.24, 2.45) is 0 Å². The molecule has 2 aromatic carbocycles. The molecule has 0 heterocycles. The molecule has 0 aliphatic heterocycles. The molecule has 0 aliphatic rings. The van der Waals surface area contributed by atoms with E-state index < -0.39 is 0 Å². The van der Waals surface area contributed by atoms with E-state index in [4.69, 9.17) is 16.3 Å². The molecule has 1 N–H and O–H groups in total. The van der Waals surface area contributed by atoms with Crippen molar-refractivity contribution < 1.29 is 14.3 Å². The van der Waals surface area contributed by atoms with Crippen LogP contribution in [0, 0.1) is 6.92 Å². The first kappa shape index (κ1) is 17.8. The van der Waals surface area contributed by atoms with Crippen LogP contribution in [-0.4, -0.2) is 25.5 Å². The Balaban J connectivity index is 1.90. The molecule has 0 saturated heterocycles. The maximum Gasteiger partial charge on any atom is 0.262 e. The maximum atomic E-state index is 11.9. The van der Waals surface area contributed by atoms with Crippen molar-refractivity contribution in [3.8, 4) is 5.75 Å². The Morgan fingerprint density at radius 3 is 2.42 bits per heavy atom. The SMILES string of the molecule is CC(=O)N(C)c1ccc(NC(=O)COc2ccc(Cl)c(C)c2)cc1. The van der Waals surface area contributed by atoms with Crippen molar-refractivity contribution in [2.45, 2.75) is 13.8 Å². The molecule has 0 radical (unpaired) electrons. The second-order valence-corrected chi connectivity index (χ2v) is 5.78. The smallest absolute Gasteiger partial charge is 0.262 e. The summed E-state index contributed by atoms with van der Waals surface area (Å²) in [6.45, 7) is 3.26. The van der Waals surface area contributed by atoms with Gasteiger partial charge in [0, 0.05) is 30.4 Å². The molecule has 2 amide bonds. The fourth-order valence-electron chi connectivity index (χ4n) is 2.00. The molecule has 0 unspecified atom stereocenters. The number of aryl methyl sites for hydroxylation is 1. The lowest BCUT2D eigenvalue weighted by atomic mass is 10.2. The van der Waals surface area contributed by atoms with Gasteiger partial charge in [0.1, 0.15) is 5.75 Å². The van der Waals surface area contributed by atoms with Gasteiger partial charge < -0.3 is 15.0 Å². The van der Waals surface area contributed by atoms with Crippen LogP contribution in [-0.2, 0) is 9.59 Å². The molecule has 126 valence electrons. The average Bonchev–Trinajstić information content (AvgIpc) is 2.56. The number of hydrogen-bond acceptors (Lipinski definition) is 3. The number of nitrogens with one attached hydrogen (secondary N) is 1. The number of benzene rings is 2. The van der Waals surface area contributed by atoms with E-state index >= 15 is 0 Å². The van der Waals surface area contributed by atoms with Crippen molar-refractivity contribution in [1.29, 1.82) is 0 Å². The molecule has 0 saturated carbocycles. The Labute approximate surface area is 146 Å².